The molecule has 1 aromatic carbocycles. The van der Waals surface area contributed by atoms with E-state index in [1.54, 1.807) is 30.0 Å². The van der Waals surface area contributed by atoms with Crippen molar-refractivity contribution in [2.24, 2.45) is 4.99 Å². The van der Waals surface area contributed by atoms with Crippen LogP contribution in [0.4, 0.5) is 5.69 Å². The number of nitrogens with zero attached hydrogens (tertiary/aromatic N) is 3. The Labute approximate surface area is 104 Å². The number of nitriles is 2. The Morgan fingerprint density at radius 2 is 2.12 bits per heavy atom. The zero-order valence-corrected chi connectivity index (χ0v) is 10.1. The Kier molecular flexibility index (Phi) is 3.32. The first-order valence-corrected chi connectivity index (χ1v) is 6.03. The minimum atomic E-state index is 0.383. The highest BCUT2D eigenvalue weighted by molar-refractivity contribution is 8.15. The van der Waals surface area contributed by atoms with E-state index in [0.29, 0.717) is 16.4 Å². The summed E-state index contributed by atoms with van der Waals surface area (Å²) in [5.74, 6) is 0. The van der Waals surface area contributed by atoms with E-state index in [0.717, 1.165) is 17.4 Å². The van der Waals surface area contributed by atoms with Crippen LogP contribution in [0.15, 0.2) is 23.2 Å². The molecule has 17 heavy (non-hydrogen) atoms. The second-order valence-corrected chi connectivity index (χ2v) is 5.11. The van der Waals surface area contributed by atoms with Gasteiger partial charge in [0, 0.05) is 10.9 Å². The SMILES string of the molecule is CC1CN=C(Nc2ccc(C#N)c(C#N)c2)S1. The third-order valence-corrected chi connectivity index (χ3v) is 3.32. The van der Waals surface area contributed by atoms with Gasteiger partial charge in [0.25, 0.3) is 0 Å². The van der Waals surface area contributed by atoms with E-state index in [-0.39, 0.29) is 0 Å². The molecule has 0 aliphatic carbocycles. The van der Waals surface area contributed by atoms with Crippen molar-refractivity contribution < 1.29 is 0 Å². The van der Waals surface area contributed by atoms with E-state index in [9.17, 15) is 0 Å². The lowest BCUT2D eigenvalue weighted by Gasteiger charge is -2.06. The molecular formula is C12H10N4S. The molecule has 0 amide bonds. The Morgan fingerprint density at radius 3 is 2.71 bits per heavy atom. The molecule has 1 unspecified atom stereocenters. The van der Waals surface area contributed by atoms with E-state index < -0.39 is 0 Å². The molecule has 0 radical (unpaired) electrons. The van der Waals surface area contributed by atoms with E-state index >= 15 is 0 Å². The van der Waals surface area contributed by atoms with E-state index in [2.05, 4.69) is 17.2 Å². The van der Waals surface area contributed by atoms with Crippen LogP contribution >= 0.6 is 11.8 Å². The molecule has 0 saturated carbocycles. The Balaban J connectivity index is 2.19. The molecule has 1 atom stereocenters. The van der Waals surface area contributed by atoms with Gasteiger partial charge >= 0.3 is 0 Å². The van der Waals surface area contributed by atoms with Crippen LogP contribution in [0.25, 0.3) is 0 Å². The standard InChI is InChI=1S/C12H10N4S/c1-8-7-15-12(17-8)16-11-3-2-9(5-13)10(4-11)6-14/h2-4,8H,7H2,1H3,(H,15,16). The fraction of sp³-hybridized carbons (Fsp3) is 0.250. The monoisotopic (exact) mass is 242 g/mol. The average molecular weight is 242 g/mol. The van der Waals surface area contributed by atoms with E-state index in [1.807, 2.05) is 12.1 Å². The van der Waals surface area contributed by atoms with Crippen LogP contribution in [0.1, 0.15) is 18.1 Å². The minimum absolute atomic E-state index is 0.383. The summed E-state index contributed by atoms with van der Waals surface area (Å²) < 4.78 is 0. The topological polar surface area (TPSA) is 72.0 Å². The second kappa shape index (κ2) is 4.90. The van der Waals surface area contributed by atoms with Gasteiger partial charge in [-0.2, -0.15) is 10.5 Å². The molecule has 1 N–H and O–H groups in total. The van der Waals surface area contributed by atoms with Crippen molar-refractivity contribution in [3.63, 3.8) is 0 Å². The summed E-state index contributed by atoms with van der Waals surface area (Å²) in [4.78, 5) is 4.33. The van der Waals surface area contributed by atoms with Crippen LogP contribution in [-0.4, -0.2) is 17.0 Å². The third kappa shape index (κ3) is 2.58. The number of thioether (sulfide) groups is 1. The van der Waals surface area contributed by atoms with Gasteiger partial charge in [-0.05, 0) is 18.2 Å². The van der Waals surface area contributed by atoms with Crippen LogP contribution in [0.2, 0.25) is 0 Å². The predicted molar refractivity (Wildman–Crippen MR) is 68.8 cm³/mol. The van der Waals surface area contributed by atoms with E-state index in [1.165, 1.54) is 0 Å². The highest BCUT2D eigenvalue weighted by Gasteiger charge is 2.15. The molecular weight excluding hydrogens is 232 g/mol. The predicted octanol–water partition coefficient (Wildman–Crippen LogP) is 2.33. The van der Waals surface area contributed by atoms with Gasteiger partial charge in [-0.1, -0.05) is 18.7 Å². The normalized spacial score (nSPS) is 18.1. The smallest absolute Gasteiger partial charge is 0.161 e. The van der Waals surface area contributed by atoms with Crippen LogP contribution < -0.4 is 5.32 Å². The molecule has 2 rings (SSSR count). The molecule has 0 aromatic heterocycles. The summed E-state index contributed by atoms with van der Waals surface area (Å²) in [6.07, 6.45) is 0. The highest BCUT2D eigenvalue weighted by atomic mass is 32.2. The number of amidine groups is 1. The van der Waals surface area contributed by atoms with Crippen LogP contribution in [0.5, 0.6) is 0 Å². The van der Waals surface area contributed by atoms with Crippen molar-refractivity contribution in [3.05, 3.63) is 29.3 Å². The van der Waals surface area contributed by atoms with Gasteiger partial charge in [0.15, 0.2) is 5.17 Å². The largest absolute Gasteiger partial charge is 0.335 e. The van der Waals surface area contributed by atoms with Gasteiger partial charge in [0.05, 0.1) is 17.7 Å². The Bertz CT molecular complexity index is 551. The number of rotatable bonds is 1. The fourth-order valence-electron chi connectivity index (χ4n) is 1.48. The maximum Gasteiger partial charge on any atom is 0.161 e. The number of aliphatic imine (C=N–C) groups is 1. The lowest BCUT2D eigenvalue weighted by molar-refractivity contribution is 0.976. The van der Waals surface area contributed by atoms with Crippen molar-refractivity contribution in [2.45, 2.75) is 12.2 Å². The Hall–Kier alpha value is -1.98. The van der Waals surface area contributed by atoms with Gasteiger partial charge in [0.1, 0.15) is 12.1 Å². The van der Waals surface area contributed by atoms with Crippen molar-refractivity contribution in [3.8, 4) is 12.1 Å². The first-order valence-electron chi connectivity index (χ1n) is 5.15. The van der Waals surface area contributed by atoms with Crippen LogP contribution in [0, 0.1) is 22.7 Å². The summed E-state index contributed by atoms with van der Waals surface area (Å²) in [6, 6.07) is 9.10. The first kappa shape index (κ1) is 11.5. The summed E-state index contributed by atoms with van der Waals surface area (Å²) in [7, 11) is 0. The van der Waals surface area contributed by atoms with Crippen molar-refractivity contribution in [2.75, 3.05) is 11.9 Å². The number of hydrogen-bond acceptors (Lipinski definition) is 5. The summed E-state index contributed by atoms with van der Waals surface area (Å²) >= 11 is 1.67. The minimum Gasteiger partial charge on any atom is -0.335 e. The number of hydrogen-bond donors (Lipinski definition) is 1. The molecule has 4 nitrogen and oxygen atoms in total. The van der Waals surface area contributed by atoms with Gasteiger partial charge in [0.2, 0.25) is 0 Å². The van der Waals surface area contributed by atoms with Crippen LogP contribution in [-0.2, 0) is 0 Å². The highest BCUT2D eigenvalue weighted by Crippen LogP contribution is 2.23. The number of nitrogens with one attached hydrogen (secondary N) is 1. The molecule has 0 saturated heterocycles. The number of anilines is 1. The quantitative estimate of drug-likeness (QED) is 0.820. The van der Waals surface area contributed by atoms with Gasteiger partial charge in [-0.15, -0.1) is 0 Å². The Morgan fingerprint density at radius 1 is 1.35 bits per heavy atom. The van der Waals surface area contributed by atoms with Gasteiger partial charge < -0.3 is 5.32 Å². The fourth-order valence-corrected chi connectivity index (χ4v) is 2.34. The zero-order valence-electron chi connectivity index (χ0n) is 9.27. The molecule has 1 aliphatic heterocycles. The molecule has 1 aromatic rings. The molecule has 0 spiro atoms. The third-order valence-electron chi connectivity index (χ3n) is 2.32. The van der Waals surface area contributed by atoms with Crippen molar-refractivity contribution >= 4 is 22.6 Å². The first-order chi connectivity index (χ1) is 8.22. The summed E-state index contributed by atoms with van der Waals surface area (Å²) in [5.41, 5.74) is 1.57. The summed E-state index contributed by atoms with van der Waals surface area (Å²) in [5, 5.41) is 22.2. The second-order valence-electron chi connectivity index (χ2n) is 3.68. The van der Waals surface area contributed by atoms with E-state index in [4.69, 9.17) is 10.5 Å². The average Bonchev–Trinajstić information content (AvgIpc) is 2.74. The molecule has 84 valence electrons. The van der Waals surface area contributed by atoms with Crippen LogP contribution in [0.3, 0.4) is 0 Å². The molecule has 5 heteroatoms. The maximum absolute atomic E-state index is 8.91. The lowest BCUT2D eigenvalue weighted by atomic mass is 10.1. The van der Waals surface area contributed by atoms with Gasteiger partial charge in [-0.25, -0.2) is 0 Å². The maximum atomic E-state index is 8.91. The van der Waals surface area contributed by atoms with Crippen molar-refractivity contribution in [1.82, 2.24) is 0 Å². The molecule has 0 bridgehead atoms. The lowest BCUT2D eigenvalue weighted by Crippen LogP contribution is -2.06. The molecule has 1 heterocycles. The zero-order chi connectivity index (χ0) is 12.3. The van der Waals surface area contributed by atoms with Crippen molar-refractivity contribution in [1.29, 1.82) is 10.5 Å². The number of benzene rings is 1. The summed E-state index contributed by atoms with van der Waals surface area (Å²) in [6.45, 7) is 2.93. The molecule has 1 aliphatic rings. The molecule has 0 fully saturated rings. The van der Waals surface area contributed by atoms with Gasteiger partial charge in [-0.3, -0.25) is 4.99 Å².